The quantitative estimate of drug-likeness (QED) is 0.761. The van der Waals surface area contributed by atoms with Crippen LogP contribution in [0.5, 0.6) is 0 Å². The minimum atomic E-state index is -0.0107. The number of anilines is 1. The number of benzene rings is 1. The first-order chi connectivity index (χ1) is 13.8. The Kier molecular flexibility index (Phi) is 6.00. The summed E-state index contributed by atoms with van der Waals surface area (Å²) in [5.41, 5.74) is 4.08. The first-order valence-electron chi connectivity index (χ1n) is 10.4. The van der Waals surface area contributed by atoms with Gasteiger partial charge in [0.25, 0.3) is 5.91 Å². The molecule has 0 radical (unpaired) electrons. The third-order valence-electron chi connectivity index (χ3n) is 5.64. The fourth-order valence-electron chi connectivity index (χ4n) is 3.99. The van der Waals surface area contributed by atoms with Crippen molar-refractivity contribution >= 4 is 11.7 Å². The van der Waals surface area contributed by atoms with Gasteiger partial charge in [0.1, 0.15) is 12.1 Å². The van der Waals surface area contributed by atoms with Crippen molar-refractivity contribution in [1.29, 1.82) is 0 Å². The third kappa shape index (κ3) is 4.58. The number of nitrogens with one attached hydrogen (secondary N) is 1. The number of carbonyl (C=O) groups excluding carboxylic acids is 1. The molecule has 0 spiro atoms. The van der Waals surface area contributed by atoms with Crippen molar-refractivity contribution in [3.63, 3.8) is 0 Å². The van der Waals surface area contributed by atoms with Gasteiger partial charge < -0.3 is 10.2 Å². The molecule has 2 aromatic rings. The lowest BCUT2D eigenvalue weighted by molar-refractivity contribution is 0.0954. The number of rotatable bonds is 6. The van der Waals surface area contributed by atoms with Crippen LogP contribution in [-0.4, -0.2) is 35.5 Å². The van der Waals surface area contributed by atoms with Crippen LogP contribution in [0.25, 0.3) is 11.3 Å². The van der Waals surface area contributed by atoms with Gasteiger partial charge in [0.05, 0.1) is 5.69 Å². The predicted molar refractivity (Wildman–Crippen MR) is 112 cm³/mol. The third-order valence-corrected chi connectivity index (χ3v) is 5.64. The average molecular weight is 377 g/mol. The van der Waals surface area contributed by atoms with E-state index < -0.39 is 0 Å². The van der Waals surface area contributed by atoms with Gasteiger partial charge in [-0.05, 0) is 57.1 Å². The van der Waals surface area contributed by atoms with E-state index in [-0.39, 0.29) is 5.91 Å². The van der Waals surface area contributed by atoms with Gasteiger partial charge in [-0.25, -0.2) is 9.97 Å². The fourth-order valence-corrected chi connectivity index (χ4v) is 3.99. The van der Waals surface area contributed by atoms with Crippen LogP contribution in [0.4, 0.5) is 5.82 Å². The average Bonchev–Trinajstić information content (AvgIpc) is 3.30. The van der Waals surface area contributed by atoms with Gasteiger partial charge in [0, 0.05) is 36.8 Å². The predicted octanol–water partition coefficient (Wildman–Crippen LogP) is 4.36. The molecule has 1 N–H and O–H groups in total. The van der Waals surface area contributed by atoms with E-state index in [0.29, 0.717) is 12.1 Å². The second-order valence-electron chi connectivity index (χ2n) is 7.65. The van der Waals surface area contributed by atoms with E-state index in [1.807, 2.05) is 30.3 Å². The highest BCUT2D eigenvalue weighted by Gasteiger charge is 2.14. The highest BCUT2D eigenvalue weighted by Crippen LogP contribution is 2.24. The first kappa shape index (κ1) is 18.7. The maximum Gasteiger partial charge on any atom is 0.251 e. The summed E-state index contributed by atoms with van der Waals surface area (Å²) in [6, 6.07) is 9.73. The van der Waals surface area contributed by atoms with E-state index >= 15 is 0 Å². The van der Waals surface area contributed by atoms with Crippen LogP contribution in [0, 0.1) is 0 Å². The zero-order valence-electron chi connectivity index (χ0n) is 16.4. The second kappa shape index (κ2) is 9.00. The van der Waals surface area contributed by atoms with Crippen molar-refractivity contribution in [2.45, 2.75) is 44.9 Å². The number of hydrogen-bond acceptors (Lipinski definition) is 4. The summed E-state index contributed by atoms with van der Waals surface area (Å²) in [6.07, 6.45) is 12.3. The minimum Gasteiger partial charge on any atom is -0.357 e. The molecule has 0 unspecified atom stereocenters. The molecule has 1 amide bonds. The summed E-state index contributed by atoms with van der Waals surface area (Å²) in [4.78, 5) is 23.5. The molecule has 0 bridgehead atoms. The monoisotopic (exact) mass is 376 g/mol. The largest absolute Gasteiger partial charge is 0.357 e. The van der Waals surface area contributed by atoms with Crippen molar-refractivity contribution in [2.75, 3.05) is 24.5 Å². The number of nitrogens with zero attached hydrogens (tertiary/aromatic N) is 3. The second-order valence-corrected chi connectivity index (χ2v) is 7.65. The van der Waals surface area contributed by atoms with Gasteiger partial charge in [0.15, 0.2) is 0 Å². The number of allylic oxidation sites excluding steroid dienone is 1. The normalized spacial score (nSPS) is 16.7. The highest BCUT2D eigenvalue weighted by atomic mass is 16.1. The zero-order valence-corrected chi connectivity index (χ0v) is 16.4. The van der Waals surface area contributed by atoms with Crippen LogP contribution in [0.3, 0.4) is 0 Å². The molecular weight excluding hydrogens is 348 g/mol. The Morgan fingerprint density at radius 3 is 2.61 bits per heavy atom. The van der Waals surface area contributed by atoms with Gasteiger partial charge in [-0.2, -0.15) is 0 Å². The molecule has 1 aliphatic carbocycles. The number of amides is 1. The maximum atomic E-state index is 12.4. The molecule has 0 saturated carbocycles. The molecule has 4 rings (SSSR count). The Morgan fingerprint density at radius 1 is 1.04 bits per heavy atom. The molecule has 1 saturated heterocycles. The molecule has 5 nitrogen and oxygen atoms in total. The van der Waals surface area contributed by atoms with E-state index in [1.54, 1.807) is 6.33 Å². The van der Waals surface area contributed by atoms with Crippen molar-refractivity contribution in [3.8, 4) is 11.3 Å². The van der Waals surface area contributed by atoms with Gasteiger partial charge in [-0.3, -0.25) is 4.79 Å². The summed E-state index contributed by atoms with van der Waals surface area (Å²) in [6.45, 7) is 2.83. The summed E-state index contributed by atoms with van der Waals surface area (Å²) in [5.74, 6) is 0.977. The molecule has 146 valence electrons. The van der Waals surface area contributed by atoms with Crippen LogP contribution >= 0.6 is 0 Å². The fraction of sp³-hybridized carbons (Fsp3) is 0.435. The standard InChI is InChI=1S/C23H28N4O/c28-23(24-13-12-18-6-2-1-3-7-18)20-10-8-19(9-11-20)21-16-22(26-17-25-21)27-14-4-5-15-27/h6,8-11,16-17H,1-5,7,12-15H2,(H,24,28). The maximum absolute atomic E-state index is 12.4. The number of aromatic nitrogens is 2. The topological polar surface area (TPSA) is 58.1 Å². The summed E-state index contributed by atoms with van der Waals surface area (Å²) >= 11 is 0. The Hall–Kier alpha value is -2.69. The lowest BCUT2D eigenvalue weighted by atomic mass is 9.97. The van der Waals surface area contributed by atoms with Crippen molar-refractivity contribution < 1.29 is 4.79 Å². The van der Waals surface area contributed by atoms with Crippen molar-refractivity contribution in [3.05, 3.63) is 53.9 Å². The molecule has 5 heteroatoms. The van der Waals surface area contributed by atoms with Crippen LogP contribution in [0.15, 0.2) is 48.3 Å². The number of carbonyl (C=O) groups is 1. The van der Waals surface area contributed by atoms with Gasteiger partial charge in [-0.15, -0.1) is 0 Å². The molecule has 28 heavy (non-hydrogen) atoms. The molecule has 1 aromatic carbocycles. The minimum absolute atomic E-state index is 0.0107. The molecule has 2 aliphatic rings. The zero-order chi connectivity index (χ0) is 19.2. The molecule has 2 heterocycles. The van der Waals surface area contributed by atoms with E-state index in [2.05, 4.69) is 26.3 Å². The highest BCUT2D eigenvalue weighted by molar-refractivity contribution is 5.94. The van der Waals surface area contributed by atoms with Crippen LogP contribution in [0.2, 0.25) is 0 Å². The van der Waals surface area contributed by atoms with Gasteiger partial charge >= 0.3 is 0 Å². The molecule has 1 aromatic heterocycles. The Balaban J connectivity index is 1.36. The molecule has 1 fully saturated rings. The Bertz CT molecular complexity index is 838. The molecule has 0 atom stereocenters. The van der Waals surface area contributed by atoms with Crippen LogP contribution < -0.4 is 10.2 Å². The Labute approximate surface area is 166 Å². The lowest BCUT2D eigenvalue weighted by Gasteiger charge is -2.16. The first-order valence-corrected chi connectivity index (χ1v) is 10.4. The van der Waals surface area contributed by atoms with Crippen molar-refractivity contribution in [1.82, 2.24) is 15.3 Å². The number of hydrogen-bond donors (Lipinski definition) is 1. The summed E-state index contributed by atoms with van der Waals surface area (Å²) in [7, 11) is 0. The lowest BCUT2D eigenvalue weighted by Crippen LogP contribution is -2.24. The van der Waals surface area contributed by atoms with Gasteiger partial charge in [0.2, 0.25) is 0 Å². The van der Waals surface area contributed by atoms with E-state index in [4.69, 9.17) is 0 Å². The molecular formula is C23H28N4O. The van der Waals surface area contributed by atoms with E-state index in [9.17, 15) is 4.79 Å². The molecule has 1 aliphatic heterocycles. The van der Waals surface area contributed by atoms with Gasteiger partial charge in [-0.1, -0.05) is 23.8 Å². The summed E-state index contributed by atoms with van der Waals surface area (Å²) < 4.78 is 0. The smallest absolute Gasteiger partial charge is 0.251 e. The van der Waals surface area contributed by atoms with Crippen molar-refractivity contribution in [2.24, 2.45) is 0 Å². The van der Waals surface area contributed by atoms with E-state index in [1.165, 1.54) is 44.1 Å². The van der Waals surface area contributed by atoms with Crippen LogP contribution in [0.1, 0.15) is 55.3 Å². The van der Waals surface area contributed by atoms with E-state index in [0.717, 1.165) is 36.6 Å². The summed E-state index contributed by atoms with van der Waals surface area (Å²) in [5, 5.41) is 3.04. The Morgan fingerprint density at radius 2 is 1.86 bits per heavy atom. The van der Waals surface area contributed by atoms with Crippen LogP contribution in [-0.2, 0) is 0 Å². The SMILES string of the molecule is O=C(NCCC1=CCCCC1)c1ccc(-c2cc(N3CCCC3)ncn2)cc1.